The minimum Gasteiger partial charge on any atom is -0.366 e. The van der Waals surface area contributed by atoms with E-state index in [1.54, 1.807) is 31.2 Å². The van der Waals surface area contributed by atoms with Gasteiger partial charge in [-0.25, -0.2) is 4.79 Å². The molecule has 0 radical (unpaired) electrons. The van der Waals surface area contributed by atoms with Crippen molar-refractivity contribution in [3.05, 3.63) is 64.7 Å². The second-order valence-electron chi connectivity index (χ2n) is 6.44. The standard InChI is InChI=1S/C19H17ClN4O4/c1-19(12-4-6-13(20)7-5-12)17(27)24(18(28)23-19)10-15(25)22-14-8-2-11(3-9-14)16(21)26/h2-9H,10H2,1H3,(H2,21,26)(H,22,25)(H,23,28)/t19-/m1/s1. The Balaban J connectivity index is 1.70. The van der Waals surface area contributed by atoms with E-state index in [0.29, 0.717) is 21.8 Å². The topological polar surface area (TPSA) is 122 Å². The number of benzene rings is 2. The van der Waals surface area contributed by atoms with Crippen molar-refractivity contribution in [3.63, 3.8) is 0 Å². The van der Waals surface area contributed by atoms with E-state index in [9.17, 15) is 19.2 Å². The van der Waals surface area contributed by atoms with Gasteiger partial charge in [0, 0.05) is 16.3 Å². The highest BCUT2D eigenvalue weighted by Gasteiger charge is 2.49. The van der Waals surface area contributed by atoms with Gasteiger partial charge in [-0.1, -0.05) is 23.7 Å². The molecule has 8 nitrogen and oxygen atoms in total. The molecule has 1 fully saturated rings. The molecule has 28 heavy (non-hydrogen) atoms. The van der Waals surface area contributed by atoms with Gasteiger partial charge in [-0.15, -0.1) is 0 Å². The molecule has 3 rings (SSSR count). The van der Waals surface area contributed by atoms with E-state index in [-0.39, 0.29) is 0 Å². The lowest BCUT2D eigenvalue weighted by Crippen LogP contribution is -2.42. The Morgan fingerprint density at radius 1 is 1.11 bits per heavy atom. The molecule has 4 N–H and O–H groups in total. The second kappa shape index (κ2) is 7.32. The fourth-order valence-electron chi connectivity index (χ4n) is 2.88. The first-order valence-corrected chi connectivity index (χ1v) is 8.68. The van der Waals surface area contributed by atoms with Gasteiger partial charge in [-0.05, 0) is 48.9 Å². The molecule has 1 atom stereocenters. The molecule has 1 aliphatic heterocycles. The van der Waals surface area contributed by atoms with Crippen LogP contribution in [-0.4, -0.2) is 35.2 Å². The maximum absolute atomic E-state index is 12.8. The van der Waals surface area contributed by atoms with Crippen LogP contribution in [0.15, 0.2) is 48.5 Å². The Labute approximate surface area is 165 Å². The van der Waals surface area contributed by atoms with Gasteiger partial charge in [-0.2, -0.15) is 0 Å². The van der Waals surface area contributed by atoms with E-state index in [1.165, 1.54) is 24.3 Å². The van der Waals surface area contributed by atoms with Crippen LogP contribution in [0.5, 0.6) is 0 Å². The molecule has 0 saturated carbocycles. The van der Waals surface area contributed by atoms with Crippen molar-refractivity contribution in [2.24, 2.45) is 5.73 Å². The highest BCUT2D eigenvalue weighted by molar-refractivity contribution is 6.30. The second-order valence-corrected chi connectivity index (χ2v) is 6.88. The lowest BCUT2D eigenvalue weighted by Gasteiger charge is -2.22. The Morgan fingerprint density at radius 2 is 1.71 bits per heavy atom. The summed E-state index contributed by atoms with van der Waals surface area (Å²) in [5.41, 5.74) is 5.14. The first-order valence-electron chi connectivity index (χ1n) is 8.30. The van der Waals surface area contributed by atoms with Crippen LogP contribution in [0, 0.1) is 0 Å². The van der Waals surface area contributed by atoms with Crippen LogP contribution >= 0.6 is 11.6 Å². The highest BCUT2D eigenvalue weighted by Crippen LogP contribution is 2.29. The lowest BCUT2D eigenvalue weighted by molar-refractivity contribution is -0.133. The molecule has 9 heteroatoms. The van der Waals surface area contributed by atoms with E-state index in [0.717, 1.165) is 4.90 Å². The predicted octanol–water partition coefficient (Wildman–Crippen LogP) is 1.84. The lowest BCUT2D eigenvalue weighted by atomic mass is 9.92. The minimum atomic E-state index is -1.29. The first kappa shape index (κ1) is 19.4. The summed E-state index contributed by atoms with van der Waals surface area (Å²) in [7, 11) is 0. The maximum Gasteiger partial charge on any atom is 0.325 e. The molecule has 0 bridgehead atoms. The fraction of sp³-hybridized carbons (Fsp3) is 0.158. The number of primary amides is 1. The van der Waals surface area contributed by atoms with Gasteiger partial charge in [0.1, 0.15) is 12.1 Å². The number of nitrogens with one attached hydrogen (secondary N) is 2. The molecule has 5 amide bonds. The Kier molecular flexibility index (Phi) is 5.06. The summed E-state index contributed by atoms with van der Waals surface area (Å²) in [6.45, 7) is 1.11. The number of amides is 5. The van der Waals surface area contributed by atoms with Gasteiger partial charge in [0.2, 0.25) is 11.8 Å². The number of rotatable bonds is 5. The summed E-state index contributed by atoms with van der Waals surface area (Å²) < 4.78 is 0. The summed E-state index contributed by atoms with van der Waals surface area (Å²) in [5.74, 6) is -1.69. The third kappa shape index (κ3) is 3.67. The molecule has 1 heterocycles. The number of hydrogen-bond acceptors (Lipinski definition) is 4. The largest absolute Gasteiger partial charge is 0.366 e. The van der Waals surface area contributed by atoms with Crippen molar-refractivity contribution in [1.82, 2.24) is 10.2 Å². The number of carbonyl (C=O) groups excluding carboxylic acids is 4. The Morgan fingerprint density at radius 3 is 2.29 bits per heavy atom. The summed E-state index contributed by atoms with van der Waals surface area (Å²) in [6, 6.07) is 11.8. The average molecular weight is 401 g/mol. The number of imide groups is 1. The van der Waals surface area contributed by atoms with Crippen molar-refractivity contribution in [3.8, 4) is 0 Å². The molecule has 0 spiro atoms. The number of carbonyl (C=O) groups is 4. The summed E-state index contributed by atoms with van der Waals surface area (Å²) in [5, 5.41) is 5.69. The van der Waals surface area contributed by atoms with Gasteiger partial charge in [0.05, 0.1) is 0 Å². The monoisotopic (exact) mass is 400 g/mol. The molecule has 1 aliphatic rings. The number of nitrogens with zero attached hydrogens (tertiary/aromatic N) is 1. The Bertz CT molecular complexity index is 959. The number of urea groups is 1. The summed E-state index contributed by atoms with van der Waals surface area (Å²) in [4.78, 5) is 49.3. The van der Waals surface area contributed by atoms with E-state index in [4.69, 9.17) is 17.3 Å². The number of nitrogens with two attached hydrogens (primary N) is 1. The minimum absolute atomic E-state index is 0.297. The molecule has 2 aromatic rings. The molecule has 2 aromatic carbocycles. The quantitative estimate of drug-likeness (QED) is 0.663. The van der Waals surface area contributed by atoms with Crippen molar-refractivity contribution >= 4 is 41.0 Å². The fourth-order valence-corrected chi connectivity index (χ4v) is 3.01. The Hall–Kier alpha value is -3.39. The first-order chi connectivity index (χ1) is 13.2. The van der Waals surface area contributed by atoms with Crippen molar-refractivity contribution in [2.75, 3.05) is 11.9 Å². The number of anilines is 1. The van der Waals surface area contributed by atoms with Crippen LogP contribution in [0.1, 0.15) is 22.8 Å². The molecule has 144 valence electrons. The molecular formula is C19H17ClN4O4. The van der Waals surface area contributed by atoms with E-state index >= 15 is 0 Å². The van der Waals surface area contributed by atoms with Crippen LogP contribution < -0.4 is 16.4 Å². The third-order valence-electron chi connectivity index (χ3n) is 4.45. The van der Waals surface area contributed by atoms with Gasteiger partial charge in [0.15, 0.2) is 0 Å². The van der Waals surface area contributed by atoms with E-state index in [2.05, 4.69) is 10.6 Å². The molecule has 0 aliphatic carbocycles. The van der Waals surface area contributed by atoms with Crippen molar-refractivity contribution in [1.29, 1.82) is 0 Å². The van der Waals surface area contributed by atoms with Crippen molar-refractivity contribution in [2.45, 2.75) is 12.5 Å². The maximum atomic E-state index is 12.8. The number of halogens is 1. The van der Waals surface area contributed by atoms with Crippen LogP contribution in [0.3, 0.4) is 0 Å². The van der Waals surface area contributed by atoms with Gasteiger partial charge in [0.25, 0.3) is 5.91 Å². The zero-order valence-corrected chi connectivity index (χ0v) is 15.6. The number of hydrogen-bond donors (Lipinski definition) is 3. The smallest absolute Gasteiger partial charge is 0.325 e. The van der Waals surface area contributed by atoms with Crippen LogP contribution in [0.2, 0.25) is 5.02 Å². The highest BCUT2D eigenvalue weighted by atomic mass is 35.5. The summed E-state index contributed by atoms with van der Waals surface area (Å²) >= 11 is 5.87. The van der Waals surface area contributed by atoms with Gasteiger partial charge >= 0.3 is 6.03 Å². The van der Waals surface area contributed by atoms with Gasteiger partial charge in [-0.3, -0.25) is 19.3 Å². The summed E-state index contributed by atoms with van der Waals surface area (Å²) in [6.07, 6.45) is 0. The van der Waals surface area contributed by atoms with E-state index < -0.39 is 35.8 Å². The average Bonchev–Trinajstić information content (AvgIpc) is 2.86. The third-order valence-corrected chi connectivity index (χ3v) is 4.70. The molecule has 0 unspecified atom stereocenters. The molecule has 1 saturated heterocycles. The van der Waals surface area contributed by atoms with Crippen LogP contribution in [-0.2, 0) is 15.1 Å². The predicted molar refractivity (Wildman–Crippen MR) is 103 cm³/mol. The van der Waals surface area contributed by atoms with Crippen LogP contribution in [0.25, 0.3) is 0 Å². The zero-order valence-electron chi connectivity index (χ0n) is 14.9. The molecule has 0 aromatic heterocycles. The van der Waals surface area contributed by atoms with Crippen LogP contribution in [0.4, 0.5) is 10.5 Å². The normalized spacial score (nSPS) is 18.7. The van der Waals surface area contributed by atoms with Gasteiger partial charge < -0.3 is 16.4 Å². The van der Waals surface area contributed by atoms with E-state index in [1.807, 2.05) is 0 Å². The zero-order chi connectivity index (χ0) is 20.5. The molecular weight excluding hydrogens is 384 g/mol. The van der Waals surface area contributed by atoms with Crippen molar-refractivity contribution < 1.29 is 19.2 Å². The SMILES string of the molecule is C[C@]1(c2ccc(Cl)cc2)NC(=O)N(CC(=O)Nc2ccc(C(N)=O)cc2)C1=O.